The van der Waals surface area contributed by atoms with Crippen LogP contribution in [0.25, 0.3) is 0 Å². The molecule has 0 aliphatic rings. The topological polar surface area (TPSA) is 61.0 Å². The molecule has 1 rings (SSSR count). The van der Waals surface area contributed by atoms with Crippen LogP contribution in [-0.2, 0) is 6.54 Å². The van der Waals surface area contributed by atoms with Gasteiger partial charge in [-0.05, 0) is 6.92 Å². The van der Waals surface area contributed by atoms with Crippen LogP contribution in [-0.4, -0.2) is 14.7 Å². The maximum Gasteiger partial charge on any atom is 0.307 e. The first-order valence-electron chi connectivity index (χ1n) is 3.41. The molecule has 0 fully saturated rings. The van der Waals surface area contributed by atoms with Gasteiger partial charge in [0.1, 0.15) is 12.4 Å². The third-order valence-corrected chi connectivity index (χ3v) is 1.26. The van der Waals surface area contributed by atoms with Crippen LogP contribution in [0, 0.1) is 10.1 Å². The minimum Gasteiger partial charge on any atom is -0.262 e. The van der Waals surface area contributed by atoms with E-state index in [4.69, 9.17) is 0 Å². The van der Waals surface area contributed by atoms with Crippen LogP contribution in [0.1, 0.15) is 6.92 Å². The van der Waals surface area contributed by atoms with Crippen molar-refractivity contribution in [2.24, 2.45) is 0 Å². The molecular weight excluding hydrogens is 158 g/mol. The average Bonchev–Trinajstić information content (AvgIpc) is 2.34. The fraction of sp³-hybridized carbons (Fsp3) is 0.286. The lowest BCUT2D eigenvalue weighted by Gasteiger charge is -1.96. The zero-order valence-corrected chi connectivity index (χ0v) is 6.73. The predicted molar refractivity (Wildman–Crippen MR) is 43.7 cm³/mol. The molecule has 1 heterocycles. The molecule has 1 aromatic rings. The number of nitrogens with zero attached hydrogens (tertiary/aromatic N) is 3. The Labute approximate surface area is 69.5 Å². The Hall–Kier alpha value is -1.65. The smallest absolute Gasteiger partial charge is 0.262 e. The van der Waals surface area contributed by atoms with E-state index in [0.29, 0.717) is 6.54 Å². The summed E-state index contributed by atoms with van der Waals surface area (Å²) >= 11 is 0. The Balaban J connectivity index is 2.77. The highest BCUT2D eigenvalue weighted by molar-refractivity contribution is 5.21. The van der Waals surface area contributed by atoms with Gasteiger partial charge in [0.15, 0.2) is 0 Å². The summed E-state index contributed by atoms with van der Waals surface area (Å²) in [5.74, 6) is 0. The average molecular weight is 167 g/mol. The van der Waals surface area contributed by atoms with Crippen molar-refractivity contribution in [2.45, 2.75) is 13.5 Å². The fourth-order valence-corrected chi connectivity index (χ4v) is 0.810. The van der Waals surface area contributed by atoms with E-state index in [2.05, 4.69) is 11.7 Å². The Bertz CT molecular complexity index is 316. The van der Waals surface area contributed by atoms with Crippen LogP contribution >= 0.6 is 0 Å². The van der Waals surface area contributed by atoms with Gasteiger partial charge in [0.2, 0.25) is 0 Å². The van der Waals surface area contributed by atoms with Crippen molar-refractivity contribution in [3.8, 4) is 0 Å². The van der Waals surface area contributed by atoms with E-state index in [1.165, 1.54) is 17.1 Å². The molecule has 0 unspecified atom stereocenters. The summed E-state index contributed by atoms with van der Waals surface area (Å²) in [6.45, 7) is 6.04. The van der Waals surface area contributed by atoms with Gasteiger partial charge in [-0.2, -0.15) is 5.10 Å². The molecule has 0 saturated carbocycles. The molecule has 64 valence electrons. The Morgan fingerprint density at radius 1 is 1.92 bits per heavy atom. The summed E-state index contributed by atoms with van der Waals surface area (Å²) in [5, 5.41) is 14.0. The van der Waals surface area contributed by atoms with Crippen molar-refractivity contribution in [2.75, 3.05) is 0 Å². The fourth-order valence-electron chi connectivity index (χ4n) is 0.810. The monoisotopic (exact) mass is 167 g/mol. The molecule has 0 radical (unpaired) electrons. The lowest BCUT2D eigenvalue weighted by Crippen LogP contribution is -1.97. The van der Waals surface area contributed by atoms with Gasteiger partial charge in [0.25, 0.3) is 0 Å². The summed E-state index contributed by atoms with van der Waals surface area (Å²) in [5.41, 5.74) is 0.921. The summed E-state index contributed by atoms with van der Waals surface area (Å²) in [4.78, 5) is 9.76. The highest BCUT2D eigenvalue weighted by Crippen LogP contribution is 2.08. The summed E-state index contributed by atoms with van der Waals surface area (Å²) in [6.07, 6.45) is 2.61. The van der Waals surface area contributed by atoms with Gasteiger partial charge >= 0.3 is 5.69 Å². The highest BCUT2D eigenvalue weighted by Gasteiger charge is 2.07. The first-order valence-corrected chi connectivity index (χ1v) is 3.41. The Morgan fingerprint density at radius 2 is 2.58 bits per heavy atom. The van der Waals surface area contributed by atoms with E-state index >= 15 is 0 Å². The van der Waals surface area contributed by atoms with Crippen LogP contribution in [0.15, 0.2) is 24.5 Å². The molecule has 0 spiro atoms. The van der Waals surface area contributed by atoms with E-state index in [0.717, 1.165) is 5.57 Å². The Morgan fingerprint density at radius 3 is 3.00 bits per heavy atom. The zero-order valence-electron chi connectivity index (χ0n) is 6.73. The molecule has 0 aliphatic carbocycles. The second kappa shape index (κ2) is 3.17. The molecule has 0 N–H and O–H groups in total. The van der Waals surface area contributed by atoms with Gasteiger partial charge in [-0.3, -0.25) is 14.8 Å². The number of aromatic nitrogens is 2. The van der Waals surface area contributed by atoms with Crippen LogP contribution in [0.4, 0.5) is 5.69 Å². The lowest BCUT2D eigenvalue weighted by molar-refractivity contribution is -0.385. The van der Waals surface area contributed by atoms with Crippen molar-refractivity contribution in [3.05, 3.63) is 34.7 Å². The van der Waals surface area contributed by atoms with Gasteiger partial charge in [0.05, 0.1) is 11.5 Å². The molecule has 0 atom stereocenters. The molecule has 5 nitrogen and oxygen atoms in total. The third kappa shape index (κ3) is 1.91. The van der Waals surface area contributed by atoms with Crippen molar-refractivity contribution in [1.29, 1.82) is 0 Å². The molecule has 5 heteroatoms. The normalized spacial score (nSPS) is 9.75. The van der Waals surface area contributed by atoms with Gasteiger partial charge in [0, 0.05) is 0 Å². The molecular formula is C7H9N3O2. The molecule has 1 aromatic heterocycles. The number of hydrogen-bond donors (Lipinski definition) is 0. The van der Waals surface area contributed by atoms with Crippen LogP contribution in [0.5, 0.6) is 0 Å². The molecule has 0 aliphatic heterocycles. The minimum absolute atomic E-state index is 0.0104. The Kier molecular flexibility index (Phi) is 2.23. The van der Waals surface area contributed by atoms with E-state index in [-0.39, 0.29) is 5.69 Å². The van der Waals surface area contributed by atoms with Crippen LogP contribution in [0.2, 0.25) is 0 Å². The van der Waals surface area contributed by atoms with E-state index in [9.17, 15) is 10.1 Å². The van der Waals surface area contributed by atoms with Crippen molar-refractivity contribution in [3.63, 3.8) is 0 Å². The van der Waals surface area contributed by atoms with E-state index < -0.39 is 4.92 Å². The summed E-state index contributed by atoms with van der Waals surface area (Å²) in [6, 6.07) is 0. The molecule has 12 heavy (non-hydrogen) atoms. The number of allylic oxidation sites excluding steroid dienone is 1. The highest BCUT2D eigenvalue weighted by atomic mass is 16.6. The van der Waals surface area contributed by atoms with Gasteiger partial charge in [-0.15, -0.1) is 0 Å². The summed E-state index contributed by atoms with van der Waals surface area (Å²) < 4.78 is 1.49. The van der Waals surface area contributed by atoms with Gasteiger partial charge in [-0.25, -0.2) is 0 Å². The van der Waals surface area contributed by atoms with E-state index in [1.807, 2.05) is 6.92 Å². The van der Waals surface area contributed by atoms with Gasteiger partial charge in [-0.1, -0.05) is 12.2 Å². The van der Waals surface area contributed by atoms with Crippen LogP contribution < -0.4 is 0 Å². The largest absolute Gasteiger partial charge is 0.307 e. The maximum atomic E-state index is 10.2. The van der Waals surface area contributed by atoms with Crippen molar-refractivity contribution in [1.82, 2.24) is 9.78 Å². The van der Waals surface area contributed by atoms with E-state index in [1.54, 1.807) is 0 Å². The quantitative estimate of drug-likeness (QED) is 0.388. The van der Waals surface area contributed by atoms with Gasteiger partial charge < -0.3 is 0 Å². The maximum absolute atomic E-state index is 10.2. The SMILES string of the molecule is C=C(C)Cn1cc([N+](=O)[O-])cn1. The summed E-state index contributed by atoms with van der Waals surface area (Å²) in [7, 11) is 0. The third-order valence-electron chi connectivity index (χ3n) is 1.26. The van der Waals surface area contributed by atoms with Crippen molar-refractivity contribution >= 4 is 5.69 Å². The predicted octanol–water partition coefficient (Wildman–Crippen LogP) is 1.37. The molecule has 0 saturated heterocycles. The number of rotatable bonds is 3. The molecule has 0 aromatic carbocycles. The first kappa shape index (κ1) is 8.45. The zero-order chi connectivity index (χ0) is 9.14. The second-order valence-corrected chi connectivity index (χ2v) is 2.61. The van der Waals surface area contributed by atoms with Crippen molar-refractivity contribution < 1.29 is 4.92 Å². The first-order chi connectivity index (χ1) is 5.59. The standard InChI is InChI=1S/C7H9N3O2/c1-6(2)4-9-5-7(3-8-9)10(11)12/h3,5H,1,4H2,2H3. The van der Waals surface area contributed by atoms with Crippen LogP contribution in [0.3, 0.4) is 0 Å². The molecule has 0 bridgehead atoms. The molecule has 0 amide bonds. The number of hydrogen-bond acceptors (Lipinski definition) is 3. The number of nitro groups is 1. The lowest BCUT2D eigenvalue weighted by atomic mass is 10.3. The second-order valence-electron chi connectivity index (χ2n) is 2.61. The minimum atomic E-state index is -0.470.